The first kappa shape index (κ1) is 22.7. The number of nitrogens with zero attached hydrogens (tertiary/aromatic N) is 1. The molecule has 186 valence electrons. The second-order valence-electron chi connectivity index (χ2n) is 11.2. The zero-order valence-corrected chi connectivity index (χ0v) is 21.7. The zero-order valence-electron chi connectivity index (χ0n) is 21.7. The van der Waals surface area contributed by atoms with Crippen molar-refractivity contribution in [3.8, 4) is 22.4 Å². The van der Waals surface area contributed by atoms with Crippen LogP contribution in [0.3, 0.4) is 0 Å². The van der Waals surface area contributed by atoms with E-state index in [2.05, 4.69) is 67.2 Å². The van der Waals surface area contributed by atoms with Crippen LogP contribution in [0.1, 0.15) is 48.8 Å². The maximum atomic E-state index is 15.7. The van der Waals surface area contributed by atoms with Gasteiger partial charge in [-0.3, -0.25) is 0 Å². The van der Waals surface area contributed by atoms with Gasteiger partial charge in [-0.05, 0) is 78.5 Å². The number of rotatable bonds is 3. The minimum absolute atomic E-state index is 0.207. The van der Waals surface area contributed by atoms with Crippen molar-refractivity contribution >= 4 is 21.9 Å². The summed E-state index contributed by atoms with van der Waals surface area (Å²) < 4.78 is 24.5. The Hall–Kier alpha value is -3.46. The van der Waals surface area contributed by atoms with E-state index in [1.54, 1.807) is 6.07 Å². The topological polar surface area (TPSA) is 17.0 Å². The van der Waals surface area contributed by atoms with E-state index in [1.807, 2.05) is 12.1 Å². The average Bonchev–Trinajstić information content (AvgIpc) is 3.57. The first-order chi connectivity index (χ1) is 18.1. The average molecular weight is 491 g/mol. The van der Waals surface area contributed by atoms with Gasteiger partial charge in [0.25, 0.3) is 0 Å². The smallest absolute Gasteiger partial charge is 0.216 e. The Morgan fingerprint density at radius 3 is 2.41 bits per heavy atom. The number of hydrogen-bond acceptors (Lipinski definition) is 1. The van der Waals surface area contributed by atoms with Gasteiger partial charge in [0, 0.05) is 22.9 Å². The molecule has 3 aromatic carbocycles. The van der Waals surface area contributed by atoms with Gasteiger partial charge in [0.1, 0.15) is 24.0 Å². The second kappa shape index (κ2) is 8.83. The molecule has 0 N–H and O–H groups in total. The molecular weight excluding hydrogens is 457 g/mol. The van der Waals surface area contributed by atoms with Crippen molar-refractivity contribution in [1.82, 2.24) is 0 Å². The molecule has 1 saturated carbocycles. The highest BCUT2D eigenvalue weighted by atomic mass is 19.1. The fourth-order valence-electron chi connectivity index (χ4n) is 7.23. The predicted molar refractivity (Wildman–Crippen MR) is 148 cm³/mol. The summed E-state index contributed by atoms with van der Waals surface area (Å²) in [6, 6.07) is 20.5. The Kier molecular flexibility index (Phi) is 5.42. The lowest BCUT2D eigenvalue weighted by Gasteiger charge is -2.30. The molecular formula is C34H33FNO+. The third kappa shape index (κ3) is 3.62. The van der Waals surface area contributed by atoms with Gasteiger partial charge >= 0.3 is 0 Å². The summed E-state index contributed by atoms with van der Waals surface area (Å²) in [5.41, 5.74) is 9.13. The third-order valence-corrected chi connectivity index (χ3v) is 9.13. The molecule has 0 amide bonds. The van der Waals surface area contributed by atoms with Crippen molar-refractivity contribution in [3.63, 3.8) is 0 Å². The number of furan rings is 1. The molecule has 37 heavy (non-hydrogen) atoms. The molecule has 2 aromatic heterocycles. The Bertz CT molecular complexity index is 1660. The van der Waals surface area contributed by atoms with Gasteiger partial charge in [-0.15, -0.1) is 0 Å². The fraction of sp³-hybridized carbons (Fsp3) is 0.324. The Morgan fingerprint density at radius 2 is 1.59 bits per heavy atom. The maximum Gasteiger partial charge on any atom is 0.216 e. The summed E-state index contributed by atoms with van der Waals surface area (Å²) in [5.74, 6) is 1.43. The van der Waals surface area contributed by atoms with Crippen LogP contribution >= 0.6 is 0 Å². The Labute approximate surface area is 217 Å². The van der Waals surface area contributed by atoms with Gasteiger partial charge in [-0.2, -0.15) is 0 Å². The van der Waals surface area contributed by atoms with Crippen molar-refractivity contribution < 1.29 is 13.4 Å². The summed E-state index contributed by atoms with van der Waals surface area (Å²) in [5, 5.41) is 2.01. The summed E-state index contributed by atoms with van der Waals surface area (Å²) in [6.45, 7) is 2.12. The van der Waals surface area contributed by atoms with Crippen molar-refractivity contribution in [1.29, 1.82) is 0 Å². The lowest BCUT2D eigenvalue weighted by atomic mass is 9.74. The molecule has 3 heteroatoms. The summed E-state index contributed by atoms with van der Waals surface area (Å²) in [4.78, 5) is 0. The first-order valence-corrected chi connectivity index (χ1v) is 13.8. The van der Waals surface area contributed by atoms with E-state index in [1.165, 1.54) is 43.2 Å². The highest BCUT2D eigenvalue weighted by molar-refractivity contribution is 6.13. The number of aryl methyl sites for hydroxylation is 2. The molecule has 1 fully saturated rings. The quantitative estimate of drug-likeness (QED) is 0.232. The molecule has 0 bridgehead atoms. The minimum Gasteiger partial charge on any atom is -0.454 e. The van der Waals surface area contributed by atoms with Gasteiger partial charge < -0.3 is 4.42 Å². The number of pyridine rings is 1. The van der Waals surface area contributed by atoms with E-state index < -0.39 is 0 Å². The Morgan fingerprint density at radius 1 is 0.811 bits per heavy atom. The zero-order chi connectivity index (χ0) is 25.1. The lowest BCUT2D eigenvalue weighted by Crippen LogP contribution is -2.30. The molecule has 2 nitrogen and oxygen atoms in total. The molecule has 0 aliphatic heterocycles. The normalized spacial score (nSPS) is 18.1. The van der Waals surface area contributed by atoms with E-state index in [-0.39, 0.29) is 5.82 Å². The van der Waals surface area contributed by atoms with E-state index in [4.69, 9.17) is 4.42 Å². The summed E-state index contributed by atoms with van der Waals surface area (Å²) in [7, 11) is 2.05. The van der Waals surface area contributed by atoms with Gasteiger partial charge in [-0.1, -0.05) is 56.0 Å². The van der Waals surface area contributed by atoms with Crippen molar-refractivity contribution in [2.45, 2.75) is 51.9 Å². The van der Waals surface area contributed by atoms with Crippen LogP contribution in [0.4, 0.5) is 4.39 Å². The fourth-order valence-corrected chi connectivity index (χ4v) is 7.23. The van der Waals surface area contributed by atoms with Crippen molar-refractivity contribution in [2.24, 2.45) is 18.9 Å². The molecule has 0 spiro atoms. The number of halogens is 1. The van der Waals surface area contributed by atoms with Crippen LogP contribution < -0.4 is 4.57 Å². The van der Waals surface area contributed by atoms with Crippen LogP contribution in [-0.2, 0) is 19.9 Å². The van der Waals surface area contributed by atoms with E-state index in [0.29, 0.717) is 11.1 Å². The minimum atomic E-state index is -0.207. The molecule has 0 radical (unpaired) electrons. The van der Waals surface area contributed by atoms with Crippen molar-refractivity contribution in [2.75, 3.05) is 0 Å². The molecule has 1 atom stereocenters. The molecule has 2 heterocycles. The molecule has 1 unspecified atom stereocenters. The van der Waals surface area contributed by atoms with Crippen molar-refractivity contribution in [3.05, 3.63) is 89.4 Å². The number of fused-ring (bicyclic) bond motifs is 4. The number of benzene rings is 3. The van der Waals surface area contributed by atoms with Crippen LogP contribution in [-0.4, -0.2) is 0 Å². The largest absolute Gasteiger partial charge is 0.454 e. The third-order valence-electron chi connectivity index (χ3n) is 9.13. The first-order valence-electron chi connectivity index (χ1n) is 13.8. The highest BCUT2D eigenvalue weighted by Crippen LogP contribution is 2.45. The summed E-state index contributed by atoms with van der Waals surface area (Å²) >= 11 is 0. The van der Waals surface area contributed by atoms with Crippen LogP contribution in [0.15, 0.2) is 71.3 Å². The van der Waals surface area contributed by atoms with E-state index in [0.717, 1.165) is 63.4 Å². The van der Waals surface area contributed by atoms with Gasteiger partial charge in [-0.25, -0.2) is 8.96 Å². The predicted octanol–water partition coefficient (Wildman–Crippen LogP) is 8.49. The lowest BCUT2D eigenvalue weighted by molar-refractivity contribution is -0.660. The molecule has 2 aliphatic carbocycles. The molecule has 2 aliphatic rings. The van der Waals surface area contributed by atoms with Crippen LogP contribution in [0, 0.1) is 24.6 Å². The number of hydrogen-bond donors (Lipinski definition) is 0. The highest BCUT2D eigenvalue weighted by Gasteiger charge is 2.31. The monoisotopic (exact) mass is 490 g/mol. The molecule has 0 saturated heterocycles. The van der Waals surface area contributed by atoms with E-state index >= 15 is 4.39 Å². The van der Waals surface area contributed by atoms with Crippen LogP contribution in [0.5, 0.6) is 0 Å². The second-order valence-corrected chi connectivity index (χ2v) is 11.2. The van der Waals surface area contributed by atoms with Gasteiger partial charge in [0.2, 0.25) is 5.69 Å². The summed E-state index contributed by atoms with van der Waals surface area (Å²) in [6.07, 6.45) is 10.9. The van der Waals surface area contributed by atoms with Gasteiger partial charge in [0.05, 0.1) is 11.1 Å². The molecule has 5 aromatic rings. The maximum absolute atomic E-state index is 15.7. The number of aromatic nitrogens is 1. The SMILES string of the molecule is Cc1ccc2c(oc3c(-c4cccc5c4CCC(C4CCCC4)C5)c(F)ccc32)c1-c1cccc[n+]1C. The molecule has 7 rings (SSSR count). The Balaban J connectivity index is 1.43. The van der Waals surface area contributed by atoms with E-state index in [9.17, 15) is 0 Å². The van der Waals surface area contributed by atoms with Crippen LogP contribution in [0.25, 0.3) is 44.3 Å². The van der Waals surface area contributed by atoms with Crippen LogP contribution in [0.2, 0.25) is 0 Å². The van der Waals surface area contributed by atoms with Gasteiger partial charge in [0.15, 0.2) is 6.20 Å². The standard InChI is InChI=1S/C34H33FNO/c1-21-13-15-27-28-17-18-29(35)32(34(28)37-33(27)31(21)30-12-5-6-19-36(30)2)26-11-7-10-24-20-23(14-16-25(24)26)22-8-3-4-9-22/h5-7,10-13,15,17-19,22-23H,3-4,8-9,14,16,20H2,1-2H3/q+1.